The van der Waals surface area contributed by atoms with Crippen LogP contribution in [0.2, 0.25) is 0 Å². The van der Waals surface area contributed by atoms with Gasteiger partial charge in [-0.1, -0.05) is 19.1 Å². The van der Waals surface area contributed by atoms with Crippen molar-refractivity contribution in [1.29, 1.82) is 5.26 Å². The van der Waals surface area contributed by atoms with E-state index in [1.54, 1.807) is 31.2 Å². The molecule has 1 unspecified atom stereocenters. The van der Waals surface area contributed by atoms with Gasteiger partial charge in [0.15, 0.2) is 6.10 Å². The quantitative estimate of drug-likeness (QED) is 0.917. The van der Waals surface area contributed by atoms with Crippen LogP contribution in [0.5, 0.6) is 5.75 Å². The van der Waals surface area contributed by atoms with Gasteiger partial charge in [-0.15, -0.1) is 0 Å². The van der Waals surface area contributed by atoms with Crippen molar-refractivity contribution < 1.29 is 9.53 Å². The summed E-state index contributed by atoms with van der Waals surface area (Å²) in [5, 5.41) is 11.5. The molecule has 0 fully saturated rings. The maximum Gasteiger partial charge on any atom is 0.265 e. The van der Waals surface area contributed by atoms with Crippen LogP contribution in [0, 0.1) is 11.3 Å². The molecule has 112 valence electrons. The maximum atomic E-state index is 12.1. The molecule has 4 heteroatoms. The third kappa shape index (κ3) is 4.10. The Bertz CT molecular complexity index is 670. The zero-order chi connectivity index (χ0) is 15.9. The summed E-state index contributed by atoms with van der Waals surface area (Å²) in [5.74, 6) is 0.434. The Kier molecular flexibility index (Phi) is 5.16. The second kappa shape index (κ2) is 7.28. The van der Waals surface area contributed by atoms with Gasteiger partial charge >= 0.3 is 0 Å². The van der Waals surface area contributed by atoms with Crippen molar-refractivity contribution in [3.63, 3.8) is 0 Å². The average Bonchev–Trinajstić information content (AvgIpc) is 2.56. The molecule has 0 bridgehead atoms. The van der Waals surface area contributed by atoms with Crippen LogP contribution >= 0.6 is 0 Å². The highest BCUT2D eigenvalue weighted by molar-refractivity contribution is 5.94. The summed E-state index contributed by atoms with van der Waals surface area (Å²) in [5.41, 5.74) is 2.42. The fraction of sp³-hybridized carbons (Fsp3) is 0.222. The first-order valence-electron chi connectivity index (χ1n) is 7.19. The van der Waals surface area contributed by atoms with E-state index in [1.165, 1.54) is 5.56 Å². The Hall–Kier alpha value is -2.80. The van der Waals surface area contributed by atoms with E-state index >= 15 is 0 Å². The molecule has 0 aliphatic heterocycles. The van der Waals surface area contributed by atoms with Crippen LogP contribution < -0.4 is 10.1 Å². The van der Waals surface area contributed by atoms with Crippen LogP contribution in [-0.4, -0.2) is 12.0 Å². The molecule has 0 aliphatic carbocycles. The Morgan fingerprint density at radius 1 is 1.18 bits per heavy atom. The SMILES string of the molecule is CCc1ccc(OC(C)C(=O)Nc2ccc(C#N)cc2)cc1. The first kappa shape index (κ1) is 15.6. The summed E-state index contributed by atoms with van der Waals surface area (Å²) in [6.07, 6.45) is 0.359. The minimum absolute atomic E-state index is 0.232. The van der Waals surface area contributed by atoms with Gasteiger partial charge in [-0.25, -0.2) is 0 Å². The molecule has 0 saturated heterocycles. The van der Waals surface area contributed by atoms with Crippen molar-refractivity contribution in [2.24, 2.45) is 0 Å². The number of nitrogens with one attached hydrogen (secondary N) is 1. The van der Waals surface area contributed by atoms with E-state index in [0.29, 0.717) is 17.0 Å². The third-order valence-electron chi connectivity index (χ3n) is 3.30. The van der Waals surface area contributed by atoms with Crippen LogP contribution in [0.4, 0.5) is 5.69 Å². The summed E-state index contributed by atoms with van der Waals surface area (Å²) in [4.78, 5) is 12.1. The number of anilines is 1. The van der Waals surface area contributed by atoms with Crippen molar-refractivity contribution >= 4 is 11.6 Å². The van der Waals surface area contributed by atoms with Gasteiger partial charge in [0, 0.05) is 5.69 Å². The number of aryl methyl sites for hydroxylation is 1. The highest BCUT2D eigenvalue weighted by Gasteiger charge is 2.14. The van der Waals surface area contributed by atoms with Crippen LogP contribution in [0.3, 0.4) is 0 Å². The van der Waals surface area contributed by atoms with Gasteiger partial charge in [0.2, 0.25) is 0 Å². The fourth-order valence-corrected chi connectivity index (χ4v) is 1.93. The standard InChI is InChI=1S/C18H18N2O2/c1-3-14-6-10-17(11-7-14)22-13(2)18(21)20-16-8-4-15(12-19)5-9-16/h4-11,13H,3H2,1-2H3,(H,20,21). The number of hydrogen-bond donors (Lipinski definition) is 1. The molecule has 2 rings (SSSR count). The summed E-state index contributed by atoms with van der Waals surface area (Å²) < 4.78 is 5.63. The molecule has 0 radical (unpaired) electrons. The smallest absolute Gasteiger partial charge is 0.265 e. The van der Waals surface area contributed by atoms with Crippen LogP contribution in [0.25, 0.3) is 0 Å². The molecule has 0 aliphatic rings. The first-order chi connectivity index (χ1) is 10.6. The topological polar surface area (TPSA) is 62.1 Å². The van der Waals surface area contributed by atoms with E-state index in [9.17, 15) is 4.79 Å². The van der Waals surface area contributed by atoms with Crippen molar-refractivity contribution in [2.75, 3.05) is 5.32 Å². The molecule has 0 heterocycles. The second-order valence-electron chi connectivity index (χ2n) is 4.94. The second-order valence-corrected chi connectivity index (χ2v) is 4.94. The number of amides is 1. The van der Waals surface area contributed by atoms with Crippen molar-refractivity contribution in [3.8, 4) is 11.8 Å². The summed E-state index contributed by atoms with van der Waals surface area (Å²) in [6, 6.07) is 16.4. The molecular weight excluding hydrogens is 276 g/mol. The maximum absolute atomic E-state index is 12.1. The van der Waals surface area contributed by atoms with E-state index in [1.807, 2.05) is 30.3 Å². The van der Waals surface area contributed by atoms with Crippen molar-refractivity contribution in [3.05, 3.63) is 59.7 Å². The van der Waals surface area contributed by atoms with E-state index in [4.69, 9.17) is 10.00 Å². The zero-order valence-electron chi connectivity index (χ0n) is 12.7. The zero-order valence-corrected chi connectivity index (χ0v) is 12.7. The van der Waals surface area contributed by atoms with Crippen molar-refractivity contribution in [1.82, 2.24) is 0 Å². The third-order valence-corrected chi connectivity index (χ3v) is 3.30. The van der Waals surface area contributed by atoms with Gasteiger partial charge in [-0.2, -0.15) is 5.26 Å². The predicted molar refractivity (Wildman–Crippen MR) is 85.7 cm³/mol. The Morgan fingerprint density at radius 3 is 2.36 bits per heavy atom. The van der Waals surface area contributed by atoms with E-state index in [2.05, 4.69) is 12.2 Å². The van der Waals surface area contributed by atoms with Crippen LogP contribution in [-0.2, 0) is 11.2 Å². The lowest BCUT2D eigenvalue weighted by Gasteiger charge is -2.15. The summed E-state index contributed by atoms with van der Waals surface area (Å²) in [6.45, 7) is 3.79. The largest absolute Gasteiger partial charge is 0.481 e. The minimum Gasteiger partial charge on any atom is -0.481 e. The van der Waals surface area contributed by atoms with E-state index in [-0.39, 0.29) is 5.91 Å². The predicted octanol–water partition coefficient (Wildman–Crippen LogP) is 3.53. The van der Waals surface area contributed by atoms with Gasteiger partial charge in [-0.3, -0.25) is 4.79 Å². The highest BCUT2D eigenvalue weighted by Crippen LogP contribution is 2.15. The Morgan fingerprint density at radius 2 is 1.82 bits per heavy atom. The lowest BCUT2D eigenvalue weighted by Crippen LogP contribution is -2.30. The number of hydrogen-bond acceptors (Lipinski definition) is 3. The highest BCUT2D eigenvalue weighted by atomic mass is 16.5. The van der Waals surface area contributed by atoms with E-state index in [0.717, 1.165) is 6.42 Å². The molecule has 0 spiro atoms. The molecule has 1 atom stereocenters. The molecule has 0 aromatic heterocycles. The number of nitrogens with zero attached hydrogens (tertiary/aromatic N) is 1. The van der Waals surface area contributed by atoms with Gasteiger partial charge in [0.1, 0.15) is 5.75 Å². The van der Waals surface area contributed by atoms with Gasteiger partial charge in [0.05, 0.1) is 11.6 Å². The first-order valence-corrected chi connectivity index (χ1v) is 7.19. The number of benzene rings is 2. The van der Waals surface area contributed by atoms with Gasteiger partial charge < -0.3 is 10.1 Å². The van der Waals surface area contributed by atoms with Crippen LogP contribution in [0.1, 0.15) is 25.0 Å². The number of rotatable bonds is 5. The monoisotopic (exact) mass is 294 g/mol. The molecular formula is C18H18N2O2. The molecule has 2 aromatic rings. The number of ether oxygens (including phenoxy) is 1. The van der Waals surface area contributed by atoms with E-state index < -0.39 is 6.10 Å². The minimum atomic E-state index is -0.608. The molecule has 0 saturated carbocycles. The van der Waals surface area contributed by atoms with Gasteiger partial charge in [-0.05, 0) is 55.3 Å². The molecule has 4 nitrogen and oxygen atoms in total. The number of carbonyl (C=O) groups excluding carboxylic acids is 1. The molecule has 2 aromatic carbocycles. The Balaban J connectivity index is 1.94. The number of carbonyl (C=O) groups is 1. The molecule has 1 amide bonds. The lowest BCUT2D eigenvalue weighted by molar-refractivity contribution is -0.122. The summed E-state index contributed by atoms with van der Waals surface area (Å²) >= 11 is 0. The lowest BCUT2D eigenvalue weighted by atomic mass is 10.2. The Labute approximate surface area is 130 Å². The average molecular weight is 294 g/mol. The fourth-order valence-electron chi connectivity index (χ4n) is 1.93. The summed E-state index contributed by atoms with van der Waals surface area (Å²) in [7, 11) is 0. The van der Waals surface area contributed by atoms with Crippen LogP contribution in [0.15, 0.2) is 48.5 Å². The normalized spacial score (nSPS) is 11.3. The molecule has 22 heavy (non-hydrogen) atoms. The molecule has 1 N–H and O–H groups in total. The number of nitriles is 1. The van der Waals surface area contributed by atoms with Gasteiger partial charge in [0.25, 0.3) is 5.91 Å². The van der Waals surface area contributed by atoms with Crippen molar-refractivity contribution in [2.45, 2.75) is 26.4 Å².